The van der Waals surface area contributed by atoms with E-state index in [1.165, 1.54) is 5.56 Å². The molecule has 1 heterocycles. The molecule has 1 aromatic carbocycles. The van der Waals surface area contributed by atoms with Crippen LogP contribution in [-0.4, -0.2) is 6.61 Å². The first-order chi connectivity index (χ1) is 9.20. The molecule has 19 heavy (non-hydrogen) atoms. The van der Waals surface area contributed by atoms with Crippen molar-refractivity contribution in [2.24, 2.45) is 5.84 Å². The molecule has 0 saturated heterocycles. The van der Waals surface area contributed by atoms with Crippen LogP contribution in [0.25, 0.3) is 0 Å². The lowest BCUT2D eigenvalue weighted by Crippen LogP contribution is -2.29. The summed E-state index contributed by atoms with van der Waals surface area (Å²) in [6.45, 7) is 2.60. The van der Waals surface area contributed by atoms with E-state index >= 15 is 0 Å². The Balaban J connectivity index is 1.89. The summed E-state index contributed by atoms with van der Waals surface area (Å²) in [5.74, 6) is 7.21. The molecule has 3 N–H and O–H groups in total. The molecule has 4 nitrogen and oxygen atoms in total. The molecule has 0 fully saturated rings. The summed E-state index contributed by atoms with van der Waals surface area (Å²) in [5.41, 5.74) is 3.92. The van der Waals surface area contributed by atoms with E-state index in [-0.39, 0.29) is 6.04 Å². The first-order valence-electron chi connectivity index (χ1n) is 6.09. The lowest BCUT2D eigenvalue weighted by molar-refractivity contribution is 0.273. The number of hydrogen-bond donors (Lipinski definition) is 2. The number of nitrogens with one attached hydrogen (secondary N) is 1. The third kappa shape index (κ3) is 3.83. The Morgan fingerprint density at radius 2 is 2.26 bits per heavy atom. The highest BCUT2D eigenvalue weighted by molar-refractivity contribution is 9.10. The number of hydrogen-bond acceptors (Lipinski definition) is 4. The molecule has 5 heteroatoms. The summed E-state index contributed by atoms with van der Waals surface area (Å²) in [4.78, 5) is 0. The number of aryl methyl sites for hydroxylation is 1. The maximum Gasteiger partial charge on any atom is 0.136 e. The molecule has 0 saturated carbocycles. The Morgan fingerprint density at radius 3 is 2.89 bits per heavy atom. The molecular weight excluding hydrogens is 308 g/mol. The normalized spacial score (nSPS) is 12.4. The van der Waals surface area contributed by atoms with Crippen LogP contribution >= 0.6 is 15.9 Å². The molecule has 0 aliphatic carbocycles. The van der Waals surface area contributed by atoms with Gasteiger partial charge >= 0.3 is 0 Å². The van der Waals surface area contributed by atoms with Gasteiger partial charge in [0.05, 0.1) is 23.4 Å². The zero-order valence-electron chi connectivity index (χ0n) is 10.7. The van der Waals surface area contributed by atoms with Gasteiger partial charge in [-0.25, -0.2) is 5.43 Å². The van der Waals surface area contributed by atoms with Gasteiger partial charge in [-0.1, -0.05) is 12.1 Å². The number of benzene rings is 1. The second-order valence-corrected chi connectivity index (χ2v) is 5.16. The van der Waals surface area contributed by atoms with Crippen molar-refractivity contribution in [3.05, 3.63) is 52.4 Å². The van der Waals surface area contributed by atoms with E-state index in [4.69, 9.17) is 15.0 Å². The molecule has 2 aromatic rings. The largest absolute Gasteiger partial charge is 0.494 e. The summed E-state index contributed by atoms with van der Waals surface area (Å²) >= 11 is 3.42. The van der Waals surface area contributed by atoms with Crippen molar-refractivity contribution >= 4 is 15.9 Å². The van der Waals surface area contributed by atoms with Crippen molar-refractivity contribution in [3.8, 4) is 5.75 Å². The first-order valence-corrected chi connectivity index (χ1v) is 6.88. The van der Waals surface area contributed by atoms with E-state index in [0.717, 1.165) is 22.4 Å². The Bertz CT molecular complexity index is 528. The number of furan rings is 1. The van der Waals surface area contributed by atoms with Crippen LogP contribution in [0.1, 0.15) is 23.8 Å². The van der Waals surface area contributed by atoms with E-state index in [0.29, 0.717) is 6.61 Å². The highest BCUT2D eigenvalue weighted by Gasteiger charge is 2.16. The minimum atomic E-state index is -0.0748. The predicted molar refractivity (Wildman–Crippen MR) is 77.8 cm³/mol. The molecule has 1 unspecified atom stereocenters. The average Bonchev–Trinajstić information content (AvgIpc) is 2.81. The first kappa shape index (κ1) is 14.1. The summed E-state index contributed by atoms with van der Waals surface area (Å²) in [6.07, 6.45) is 2.35. The summed E-state index contributed by atoms with van der Waals surface area (Å²) < 4.78 is 12.0. The molecule has 102 valence electrons. The Morgan fingerprint density at radius 1 is 1.42 bits per heavy atom. The Kier molecular flexibility index (Phi) is 5.01. The number of hydrazine groups is 1. The third-order valence-electron chi connectivity index (χ3n) is 2.83. The number of ether oxygens (including phenoxy) is 1. The van der Waals surface area contributed by atoms with E-state index in [9.17, 15) is 0 Å². The van der Waals surface area contributed by atoms with Gasteiger partial charge in [0.2, 0.25) is 0 Å². The topological polar surface area (TPSA) is 60.4 Å². The van der Waals surface area contributed by atoms with Crippen LogP contribution in [0.4, 0.5) is 0 Å². The molecule has 0 aliphatic heterocycles. The SMILES string of the molecule is Cc1cccc(OCCC(NN)c2occc2Br)c1. The van der Waals surface area contributed by atoms with Crippen molar-refractivity contribution in [1.82, 2.24) is 5.43 Å². The molecule has 0 bridgehead atoms. The minimum Gasteiger partial charge on any atom is -0.494 e. The lowest BCUT2D eigenvalue weighted by atomic mass is 10.2. The van der Waals surface area contributed by atoms with E-state index in [1.807, 2.05) is 37.3 Å². The quantitative estimate of drug-likeness (QED) is 0.632. The van der Waals surface area contributed by atoms with Crippen molar-refractivity contribution < 1.29 is 9.15 Å². The predicted octanol–water partition coefficient (Wildman–Crippen LogP) is 3.32. The van der Waals surface area contributed by atoms with Crippen molar-refractivity contribution in [1.29, 1.82) is 0 Å². The van der Waals surface area contributed by atoms with Crippen LogP contribution in [-0.2, 0) is 0 Å². The Labute approximate surface area is 121 Å². The molecule has 0 radical (unpaired) electrons. The molecule has 0 spiro atoms. The maximum atomic E-state index is 5.70. The molecule has 0 amide bonds. The van der Waals surface area contributed by atoms with Gasteiger partial charge in [-0.3, -0.25) is 5.84 Å². The van der Waals surface area contributed by atoms with Crippen LogP contribution in [0.3, 0.4) is 0 Å². The fourth-order valence-corrected chi connectivity index (χ4v) is 2.32. The zero-order chi connectivity index (χ0) is 13.7. The highest BCUT2D eigenvalue weighted by Crippen LogP contribution is 2.26. The summed E-state index contributed by atoms with van der Waals surface area (Å²) in [6, 6.07) is 9.74. The van der Waals surface area contributed by atoms with Crippen molar-refractivity contribution in [2.75, 3.05) is 6.61 Å². The second-order valence-electron chi connectivity index (χ2n) is 4.31. The van der Waals surface area contributed by atoms with Crippen molar-refractivity contribution in [3.63, 3.8) is 0 Å². The van der Waals surface area contributed by atoms with Crippen LogP contribution in [0.5, 0.6) is 5.75 Å². The second kappa shape index (κ2) is 6.75. The summed E-state index contributed by atoms with van der Waals surface area (Å²) in [7, 11) is 0. The smallest absolute Gasteiger partial charge is 0.136 e. The van der Waals surface area contributed by atoms with Gasteiger partial charge in [-0.15, -0.1) is 0 Å². The zero-order valence-corrected chi connectivity index (χ0v) is 12.3. The van der Waals surface area contributed by atoms with Crippen molar-refractivity contribution in [2.45, 2.75) is 19.4 Å². The molecule has 1 atom stereocenters. The van der Waals surface area contributed by atoms with E-state index < -0.39 is 0 Å². The van der Waals surface area contributed by atoms with Gasteiger partial charge in [-0.2, -0.15) is 0 Å². The third-order valence-corrected chi connectivity index (χ3v) is 3.48. The van der Waals surface area contributed by atoms with Gasteiger partial charge in [0.1, 0.15) is 11.5 Å². The fourth-order valence-electron chi connectivity index (χ4n) is 1.84. The van der Waals surface area contributed by atoms with Gasteiger partial charge in [0.25, 0.3) is 0 Å². The van der Waals surface area contributed by atoms with Gasteiger partial charge in [0, 0.05) is 6.42 Å². The van der Waals surface area contributed by atoms with Crippen LogP contribution in [0.15, 0.2) is 45.5 Å². The van der Waals surface area contributed by atoms with Crippen LogP contribution < -0.4 is 16.0 Å². The fraction of sp³-hybridized carbons (Fsp3) is 0.286. The van der Waals surface area contributed by atoms with Gasteiger partial charge in [0.15, 0.2) is 0 Å². The maximum absolute atomic E-state index is 5.70. The van der Waals surface area contributed by atoms with Gasteiger partial charge in [-0.05, 0) is 46.6 Å². The monoisotopic (exact) mass is 324 g/mol. The molecule has 1 aromatic heterocycles. The Hall–Kier alpha value is -1.30. The lowest BCUT2D eigenvalue weighted by Gasteiger charge is -2.14. The van der Waals surface area contributed by atoms with Crippen LogP contribution in [0, 0.1) is 6.92 Å². The summed E-state index contributed by atoms with van der Waals surface area (Å²) in [5, 5.41) is 0. The molecule has 0 aliphatic rings. The standard InChI is InChI=1S/C14H17BrN2O2/c1-10-3-2-4-11(9-10)18-8-6-13(17-16)14-12(15)5-7-19-14/h2-5,7,9,13,17H,6,8,16H2,1H3. The number of halogens is 1. The van der Waals surface area contributed by atoms with Crippen LogP contribution in [0.2, 0.25) is 0 Å². The highest BCUT2D eigenvalue weighted by atomic mass is 79.9. The minimum absolute atomic E-state index is 0.0748. The van der Waals surface area contributed by atoms with E-state index in [1.54, 1.807) is 6.26 Å². The molecule has 2 rings (SSSR count). The average molecular weight is 325 g/mol. The van der Waals surface area contributed by atoms with Gasteiger partial charge < -0.3 is 9.15 Å². The molecular formula is C14H17BrN2O2. The number of nitrogens with two attached hydrogens (primary N) is 1. The number of rotatable bonds is 6. The van der Waals surface area contributed by atoms with E-state index in [2.05, 4.69) is 21.4 Å².